The van der Waals surface area contributed by atoms with Gasteiger partial charge in [0.05, 0.1) is 19.3 Å². The van der Waals surface area contributed by atoms with Crippen LogP contribution in [0, 0.1) is 10.1 Å². The van der Waals surface area contributed by atoms with E-state index >= 15 is 0 Å². The van der Waals surface area contributed by atoms with Crippen LogP contribution in [0.1, 0.15) is 6.92 Å². The third-order valence-corrected chi connectivity index (χ3v) is 4.46. The van der Waals surface area contributed by atoms with Crippen molar-refractivity contribution in [2.24, 2.45) is 0 Å². The molecule has 3 rings (SSSR count). The fraction of sp³-hybridized carbons (Fsp3) is 1.00. The Kier molecular flexibility index (Phi) is 5.29. The van der Waals surface area contributed by atoms with E-state index in [1.54, 1.807) is 6.92 Å². The molecule has 3 saturated heterocycles. The van der Waals surface area contributed by atoms with Gasteiger partial charge in [-0.2, -0.15) is 0 Å². The van der Waals surface area contributed by atoms with Gasteiger partial charge in [0, 0.05) is 25.7 Å². The summed E-state index contributed by atoms with van der Waals surface area (Å²) in [6.45, 7) is 4.42. The topological polar surface area (TPSA) is 124 Å². The number of nitrogens with one attached hydrogen (secondary N) is 2. The summed E-state index contributed by atoms with van der Waals surface area (Å²) in [4.78, 5) is 15.1. The molecule has 3 aliphatic heterocycles. The van der Waals surface area contributed by atoms with Crippen molar-refractivity contribution >= 4 is 0 Å². The van der Waals surface area contributed by atoms with Crippen LogP contribution in [0.3, 0.4) is 0 Å². The number of rotatable bonds is 6. The third kappa shape index (κ3) is 3.73. The molecule has 3 unspecified atom stereocenters. The molecule has 0 bridgehead atoms. The Morgan fingerprint density at radius 3 is 2.57 bits per heavy atom. The molecule has 23 heavy (non-hydrogen) atoms. The number of nitrogens with zero attached hydrogens (tertiary/aromatic N) is 1. The van der Waals surface area contributed by atoms with Gasteiger partial charge >= 0.3 is 0 Å². The van der Waals surface area contributed by atoms with Crippen molar-refractivity contribution in [2.45, 2.75) is 49.6 Å². The van der Waals surface area contributed by atoms with Crippen LogP contribution in [0.15, 0.2) is 0 Å². The lowest BCUT2D eigenvalue weighted by atomic mass is 10.0. The summed E-state index contributed by atoms with van der Waals surface area (Å²) < 4.78 is 17.2. The van der Waals surface area contributed by atoms with Crippen molar-refractivity contribution in [3.05, 3.63) is 10.1 Å². The minimum absolute atomic E-state index is 0.0185. The van der Waals surface area contributed by atoms with Crippen LogP contribution in [0.2, 0.25) is 0 Å². The molecule has 7 atom stereocenters. The van der Waals surface area contributed by atoms with Gasteiger partial charge in [0.1, 0.15) is 24.4 Å². The van der Waals surface area contributed by atoms with Crippen molar-refractivity contribution in [2.75, 3.05) is 32.8 Å². The Balaban J connectivity index is 1.60. The monoisotopic (exact) mass is 333 g/mol. The van der Waals surface area contributed by atoms with Crippen LogP contribution >= 0.6 is 0 Å². The standard InChI is InChI=1S/C13H23N3O7/c1-7(17)11(8-4-14-2-3-15-8)22-9-5-20-13-10(23-16(18)19)6-21-12(9)13/h7-15,17H,2-6H2,1H3/t7?,8?,9-,10+,11?,12+,13+/m0/s1. The van der Waals surface area contributed by atoms with E-state index in [2.05, 4.69) is 15.5 Å². The normalized spacial score (nSPS) is 39.7. The molecule has 10 nitrogen and oxygen atoms in total. The number of aliphatic hydroxyl groups is 1. The molecule has 3 N–H and O–H groups in total. The van der Waals surface area contributed by atoms with Crippen LogP contribution in [0.4, 0.5) is 0 Å². The lowest BCUT2D eigenvalue weighted by molar-refractivity contribution is -0.769. The summed E-state index contributed by atoms with van der Waals surface area (Å²) in [5.74, 6) is 0. The first-order chi connectivity index (χ1) is 11.1. The van der Waals surface area contributed by atoms with Gasteiger partial charge in [-0.25, -0.2) is 0 Å². The summed E-state index contributed by atoms with van der Waals surface area (Å²) in [6, 6.07) is -0.0185. The predicted molar refractivity (Wildman–Crippen MR) is 76.3 cm³/mol. The third-order valence-electron chi connectivity index (χ3n) is 4.46. The molecule has 0 spiro atoms. The van der Waals surface area contributed by atoms with Crippen LogP contribution in [0.5, 0.6) is 0 Å². The van der Waals surface area contributed by atoms with Crippen molar-refractivity contribution in [1.29, 1.82) is 0 Å². The van der Waals surface area contributed by atoms with E-state index in [4.69, 9.17) is 14.2 Å². The minimum atomic E-state index is -0.829. The average molecular weight is 333 g/mol. The van der Waals surface area contributed by atoms with Gasteiger partial charge < -0.3 is 34.8 Å². The Morgan fingerprint density at radius 2 is 1.96 bits per heavy atom. The maximum absolute atomic E-state index is 10.5. The fourth-order valence-electron chi connectivity index (χ4n) is 3.40. The largest absolute Gasteiger partial charge is 0.391 e. The average Bonchev–Trinajstić information content (AvgIpc) is 3.08. The lowest BCUT2D eigenvalue weighted by Gasteiger charge is -2.35. The van der Waals surface area contributed by atoms with Crippen molar-refractivity contribution in [3.63, 3.8) is 0 Å². The van der Waals surface area contributed by atoms with Gasteiger partial charge in [-0.1, -0.05) is 0 Å². The number of aliphatic hydroxyl groups excluding tert-OH is 1. The van der Waals surface area contributed by atoms with Crippen LogP contribution in [-0.2, 0) is 19.0 Å². The molecule has 0 aromatic carbocycles. The Bertz CT molecular complexity index is 418. The van der Waals surface area contributed by atoms with Gasteiger partial charge in [0.2, 0.25) is 0 Å². The van der Waals surface area contributed by atoms with E-state index in [0.717, 1.165) is 13.1 Å². The second-order valence-electron chi connectivity index (χ2n) is 6.11. The highest BCUT2D eigenvalue weighted by atomic mass is 17.0. The van der Waals surface area contributed by atoms with Gasteiger partial charge in [0.15, 0.2) is 6.10 Å². The van der Waals surface area contributed by atoms with Crippen molar-refractivity contribution in [3.8, 4) is 0 Å². The molecule has 3 aliphatic rings. The van der Waals surface area contributed by atoms with E-state index in [9.17, 15) is 15.2 Å². The minimum Gasteiger partial charge on any atom is -0.391 e. The lowest BCUT2D eigenvalue weighted by Crippen LogP contribution is -2.58. The molecule has 0 aromatic rings. The zero-order valence-corrected chi connectivity index (χ0v) is 12.9. The Labute approximate surface area is 133 Å². The quantitative estimate of drug-likeness (QED) is 0.376. The highest BCUT2D eigenvalue weighted by Gasteiger charge is 2.51. The SMILES string of the molecule is CC(O)C(O[C@H]1CO[C@H]2[C@@H]1OC[C@H]2O[N+](=O)[O-])C1CNCCN1. The smallest absolute Gasteiger partial charge is 0.294 e. The van der Waals surface area contributed by atoms with E-state index in [1.807, 2.05) is 0 Å². The van der Waals surface area contributed by atoms with E-state index in [-0.39, 0.29) is 25.4 Å². The number of hydrogen-bond acceptors (Lipinski definition) is 9. The molecule has 3 fully saturated rings. The van der Waals surface area contributed by atoms with Gasteiger partial charge in [-0.3, -0.25) is 0 Å². The molecular formula is C13H23N3O7. The molecule has 10 heteroatoms. The summed E-state index contributed by atoms with van der Waals surface area (Å²) in [7, 11) is 0. The first-order valence-electron chi connectivity index (χ1n) is 7.88. The Hall–Kier alpha value is -1.04. The van der Waals surface area contributed by atoms with Crippen molar-refractivity contribution < 1.29 is 29.2 Å². The first-order valence-corrected chi connectivity index (χ1v) is 7.88. The molecule has 0 saturated carbocycles. The molecule has 0 amide bonds. The summed E-state index contributed by atoms with van der Waals surface area (Å²) >= 11 is 0. The van der Waals surface area contributed by atoms with Crippen molar-refractivity contribution in [1.82, 2.24) is 10.6 Å². The second kappa shape index (κ2) is 7.24. The molecule has 132 valence electrons. The number of ether oxygens (including phenoxy) is 3. The molecular weight excluding hydrogens is 310 g/mol. The number of piperazine rings is 1. The molecule has 0 radical (unpaired) electrons. The second-order valence-corrected chi connectivity index (χ2v) is 6.11. The fourth-order valence-corrected chi connectivity index (χ4v) is 3.40. The number of hydrogen-bond donors (Lipinski definition) is 3. The van der Waals surface area contributed by atoms with E-state index in [0.29, 0.717) is 6.54 Å². The van der Waals surface area contributed by atoms with Gasteiger partial charge in [-0.15, -0.1) is 10.1 Å². The summed E-state index contributed by atoms with van der Waals surface area (Å²) in [5, 5.41) is 26.3. The van der Waals surface area contributed by atoms with Crippen LogP contribution in [0.25, 0.3) is 0 Å². The maximum Gasteiger partial charge on any atom is 0.294 e. The van der Waals surface area contributed by atoms with Crippen LogP contribution < -0.4 is 10.6 Å². The molecule has 0 aromatic heterocycles. The summed E-state index contributed by atoms with van der Waals surface area (Å²) in [5.41, 5.74) is 0. The highest BCUT2D eigenvalue weighted by Crippen LogP contribution is 2.31. The zero-order chi connectivity index (χ0) is 16.4. The predicted octanol–water partition coefficient (Wildman–Crippen LogP) is -1.94. The van der Waals surface area contributed by atoms with Gasteiger partial charge in [0.25, 0.3) is 5.09 Å². The van der Waals surface area contributed by atoms with E-state index in [1.165, 1.54) is 0 Å². The Morgan fingerprint density at radius 1 is 1.26 bits per heavy atom. The number of fused-ring (bicyclic) bond motifs is 1. The summed E-state index contributed by atoms with van der Waals surface area (Å²) in [6.07, 6.45) is -3.14. The van der Waals surface area contributed by atoms with Crippen LogP contribution in [-0.4, -0.2) is 85.7 Å². The zero-order valence-electron chi connectivity index (χ0n) is 12.9. The first kappa shape index (κ1) is 16.8. The highest BCUT2D eigenvalue weighted by molar-refractivity contribution is 4.97. The molecule has 0 aliphatic carbocycles. The van der Waals surface area contributed by atoms with E-state index < -0.39 is 35.6 Å². The maximum atomic E-state index is 10.5. The van der Waals surface area contributed by atoms with Gasteiger partial charge in [-0.05, 0) is 6.92 Å². The molecule has 3 heterocycles.